The second kappa shape index (κ2) is 6.11. The van der Waals surface area contributed by atoms with Crippen LogP contribution in [0.25, 0.3) is 10.8 Å². The minimum atomic E-state index is 0.368. The molecule has 0 aliphatic carbocycles. The molecule has 0 amide bonds. The predicted octanol–water partition coefficient (Wildman–Crippen LogP) is 4.55. The van der Waals surface area contributed by atoms with Gasteiger partial charge in [-0.05, 0) is 53.9 Å². The van der Waals surface area contributed by atoms with Gasteiger partial charge in [-0.25, -0.2) is 0 Å². The summed E-state index contributed by atoms with van der Waals surface area (Å²) in [4.78, 5) is 0. The van der Waals surface area contributed by atoms with Crippen molar-refractivity contribution in [1.82, 2.24) is 0 Å². The summed E-state index contributed by atoms with van der Waals surface area (Å²) in [6, 6.07) is 19.0. The minimum absolute atomic E-state index is 0.368. The second-order valence-corrected chi connectivity index (χ2v) is 4.77. The number of aromatic hydroxyl groups is 2. The van der Waals surface area contributed by atoms with Crippen LogP contribution in [0.4, 0.5) is 0 Å². The highest BCUT2D eigenvalue weighted by Gasteiger charge is 1.97. The van der Waals surface area contributed by atoms with E-state index in [1.807, 2.05) is 62.4 Å². The van der Waals surface area contributed by atoms with Gasteiger partial charge in [-0.1, -0.05) is 42.5 Å². The molecule has 2 nitrogen and oxygen atoms in total. The number of para-hydroxylation sites is 1. The quantitative estimate of drug-likeness (QED) is 0.626. The molecule has 2 heteroatoms. The van der Waals surface area contributed by atoms with Gasteiger partial charge in [-0.2, -0.15) is 0 Å². The van der Waals surface area contributed by atoms with E-state index in [9.17, 15) is 5.11 Å². The Balaban J connectivity index is 0.000000160. The first-order valence-electron chi connectivity index (χ1n) is 6.51. The summed E-state index contributed by atoms with van der Waals surface area (Å²) in [6.07, 6.45) is 0. The molecule has 0 aromatic heterocycles. The molecule has 0 saturated heterocycles. The summed E-state index contributed by atoms with van der Waals surface area (Å²) in [7, 11) is 0. The maximum Gasteiger partial charge on any atom is 0.119 e. The van der Waals surface area contributed by atoms with E-state index >= 15 is 0 Å². The lowest BCUT2D eigenvalue weighted by molar-refractivity contribution is 0.471. The number of hydrogen-bond acceptors (Lipinski definition) is 2. The van der Waals surface area contributed by atoms with Gasteiger partial charge in [0, 0.05) is 0 Å². The average Bonchev–Trinajstić information content (AvgIpc) is 2.44. The third-order valence-corrected chi connectivity index (χ3v) is 3.18. The number of phenolic OH excluding ortho intramolecular Hbond substituents is 2. The molecule has 0 fully saturated rings. The molecule has 20 heavy (non-hydrogen) atoms. The summed E-state index contributed by atoms with van der Waals surface area (Å²) in [5.41, 5.74) is 1.85. The third kappa shape index (κ3) is 3.29. The largest absolute Gasteiger partial charge is 0.508 e. The SMILES string of the molecule is Cc1cc2ccccc2cc1O.Cc1ccccc1O. The van der Waals surface area contributed by atoms with Gasteiger partial charge in [-0.3, -0.25) is 0 Å². The number of fused-ring (bicyclic) bond motifs is 1. The fourth-order valence-electron chi connectivity index (χ4n) is 1.91. The number of hydrogen-bond donors (Lipinski definition) is 2. The van der Waals surface area contributed by atoms with Crippen LogP contribution in [0.15, 0.2) is 60.7 Å². The van der Waals surface area contributed by atoms with E-state index < -0.39 is 0 Å². The van der Waals surface area contributed by atoms with E-state index in [-0.39, 0.29) is 0 Å². The molecule has 0 radical (unpaired) electrons. The zero-order valence-electron chi connectivity index (χ0n) is 11.7. The Bertz CT molecular complexity index is 656. The van der Waals surface area contributed by atoms with Crippen molar-refractivity contribution in [1.29, 1.82) is 0 Å². The second-order valence-electron chi connectivity index (χ2n) is 4.77. The van der Waals surface area contributed by atoms with Gasteiger partial charge in [0.15, 0.2) is 0 Å². The highest BCUT2D eigenvalue weighted by molar-refractivity contribution is 5.84. The molecule has 3 rings (SSSR count). The van der Waals surface area contributed by atoms with E-state index in [1.54, 1.807) is 12.1 Å². The van der Waals surface area contributed by atoms with Crippen LogP contribution in [0, 0.1) is 13.8 Å². The molecule has 0 aliphatic heterocycles. The van der Waals surface area contributed by atoms with Gasteiger partial charge in [0.1, 0.15) is 11.5 Å². The topological polar surface area (TPSA) is 40.5 Å². The lowest BCUT2D eigenvalue weighted by atomic mass is 10.1. The van der Waals surface area contributed by atoms with Gasteiger partial charge in [0.2, 0.25) is 0 Å². The van der Waals surface area contributed by atoms with Gasteiger partial charge in [0.25, 0.3) is 0 Å². The molecule has 0 atom stereocenters. The van der Waals surface area contributed by atoms with Crippen molar-refractivity contribution in [2.45, 2.75) is 13.8 Å². The van der Waals surface area contributed by atoms with Crippen molar-refractivity contribution in [2.75, 3.05) is 0 Å². The van der Waals surface area contributed by atoms with Crippen LogP contribution in [0.2, 0.25) is 0 Å². The normalized spacial score (nSPS) is 9.90. The number of aryl methyl sites for hydroxylation is 2. The maximum atomic E-state index is 9.42. The summed E-state index contributed by atoms with van der Waals surface area (Å²) < 4.78 is 0. The Labute approximate surface area is 118 Å². The van der Waals surface area contributed by atoms with Crippen LogP contribution in [0.3, 0.4) is 0 Å². The fourth-order valence-corrected chi connectivity index (χ4v) is 1.91. The van der Waals surface area contributed by atoms with E-state index in [0.29, 0.717) is 11.5 Å². The van der Waals surface area contributed by atoms with Crippen molar-refractivity contribution in [3.63, 3.8) is 0 Å². The molecule has 3 aromatic rings. The lowest BCUT2D eigenvalue weighted by Crippen LogP contribution is -1.76. The summed E-state index contributed by atoms with van der Waals surface area (Å²) in [6.45, 7) is 3.77. The van der Waals surface area contributed by atoms with Crippen LogP contribution in [-0.2, 0) is 0 Å². The van der Waals surface area contributed by atoms with E-state index in [0.717, 1.165) is 16.5 Å². The molecule has 0 saturated carbocycles. The smallest absolute Gasteiger partial charge is 0.119 e. The molecule has 0 unspecified atom stereocenters. The van der Waals surface area contributed by atoms with Crippen LogP contribution >= 0.6 is 0 Å². The van der Waals surface area contributed by atoms with Gasteiger partial charge >= 0.3 is 0 Å². The third-order valence-electron chi connectivity index (χ3n) is 3.18. The van der Waals surface area contributed by atoms with Gasteiger partial charge in [0.05, 0.1) is 0 Å². The van der Waals surface area contributed by atoms with Crippen molar-refractivity contribution >= 4 is 10.8 Å². The highest BCUT2D eigenvalue weighted by Crippen LogP contribution is 2.23. The highest BCUT2D eigenvalue weighted by atomic mass is 16.3. The first-order valence-corrected chi connectivity index (χ1v) is 6.51. The standard InChI is InChI=1S/C11H10O.C7H8O/c1-8-6-9-4-2-3-5-10(9)7-11(8)12;1-6-4-2-3-5-7(6)8/h2-7,12H,1H3;2-5,8H,1H3. The average molecular weight is 266 g/mol. The Morgan fingerprint density at radius 3 is 1.70 bits per heavy atom. The first kappa shape index (κ1) is 13.9. The summed E-state index contributed by atoms with van der Waals surface area (Å²) in [5, 5.41) is 20.6. The van der Waals surface area contributed by atoms with Crippen LogP contribution < -0.4 is 0 Å². The lowest BCUT2D eigenvalue weighted by Gasteiger charge is -2.01. The molecule has 102 valence electrons. The fraction of sp³-hybridized carbons (Fsp3) is 0.111. The van der Waals surface area contributed by atoms with Crippen LogP contribution in [0.5, 0.6) is 11.5 Å². The maximum absolute atomic E-state index is 9.42. The molecule has 0 bridgehead atoms. The van der Waals surface area contributed by atoms with Crippen LogP contribution in [-0.4, -0.2) is 10.2 Å². The zero-order chi connectivity index (χ0) is 14.5. The monoisotopic (exact) mass is 266 g/mol. The molecule has 3 aromatic carbocycles. The first-order chi connectivity index (χ1) is 9.58. The van der Waals surface area contributed by atoms with Crippen molar-refractivity contribution < 1.29 is 10.2 Å². The number of rotatable bonds is 0. The molecule has 0 aliphatic rings. The number of phenols is 2. The van der Waals surface area contributed by atoms with E-state index in [2.05, 4.69) is 0 Å². The Morgan fingerprint density at radius 1 is 0.600 bits per heavy atom. The van der Waals surface area contributed by atoms with Gasteiger partial charge in [-0.15, -0.1) is 0 Å². The Kier molecular flexibility index (Phi) is 4.26. The minimum Gasteiger partial charge on any atom is -0.508 e. The number of benzene rings is 3. The van der Waals surface area contributed by atoms with Gasteiger partial charge < -0.3 is 10.2 Å². The Morgan fingerprint density at radius 2 is 1.15 bits per heavy atom. The predicted molar refractivity (Wildman–Crippen MR) is 83.2 cm³/mol. The molecular formula is C18H18O2. The summed E-state index contributed by atoms with van der Waals surface area (Å²) >= 11 is 0. The summed E-state index contributed by atoms with van der Waals surface area (Å²) in [5.74, 6) is 0.737. The van der Waals surface area contributed by atoms with E-state index in [4.69, 9.17) is 5.11 Å². The zero-order valence-corrected chi connectivity index (χ0v) is 11.7. The van der Waals surface area contributed by atoms with E-state index in [1.165, 1.54) is 5.39 Å². The van der Waals surface area contributed by atoms with Crippen LogP contribution in [0.1, 0.15) is 11.1 Å². The molecule has 2 N–H and O–H groups in total. The van der Waals surface area contributed by atoms with Crippen molar-refractivity contribution in [2.24, 2.45) is 0 Å². The molecular weight excluding hydrogens is 248 g/mol. The van der Waals surface area contributed by atoms with Crippen molar-refractivity contribution in [3.8, 4) is 11.5 Å². The molecule has 0 spiro atoms. The van der Waals surface area contributed by atoms with Crippen molar-refractivity contribution in [3.05, 3.63) is 71.8 Å². The Hall–Kier alpha value is -2.48. The molecule has 0 heterocycles.